The predicted octanol–water partition coefficient (Wildman–Crippen LogP) is 2.57. The molecule has 1 aromatic heterocycles. The largest absolute Gasteiger partial charge is 0.452 e. The van der Waals surface area contributed by atoms with Gasteiger partial charge in [-0.2, -0.15) is 0 Å². The third-order valence-electron chi connectivity index (χ3n) is 2.98. The van der Waals surface area contributed by atoms with E-state index in [0.29, 0.717) is 18.7 Å². The van der Waals surface area contributed by atoms with Gasteiger partial charge < -0.3 is 14.1 Å². The van der Waals surface area contributed by atoms with Gasteiger partial charge in [0.15, 0.2) is 0 Å². The first kappa shape index (κ1) is 12.5. The van der Waals surface area contributed by atoms with Crippen LogP contribution in [0.4, 0.5) is 0 Å². The van der Waals surface area contributed by atoms with Gasteiger partial charge in [0.05, 0.1) is 17.9 Å². The highest BCUT2D eigenvalue weighted by molar-refractivity contribution is 6.32. The lowest BCUT2D eigenvalue weighted by molar-refractivity contribution is 0.0146. The molecule has 0 bridgehead atoms. The fraction of sp³-hybridized carbons (Fsp3) is 0.583. The third kappa shape index (κ3) is 2.82. The molecule has 5 heteroatoms. The van der Waals surface area contributed by atoms with Crippen LogP contribution in [0.5, 0.6) is 0 Å². The van der Waals surface area contributed by atoms with E-state index in [-0.39, 0.29) is 17.2 Å². The van der Waals surface area contributed by atoms with Crippen LogP contribution < -0.4 is 0 Å². The third-order valence-corrected chi connectivity index (χ3v) is 3.27. The highest BCUT2D eigenvalue weighted by Gasteiger charge is 2.25. The minimum atomic E-state index is -0.0568. The lowest BCUT2D eigenvalue weighted by atomic mass is 10.1. The molecule has 2 heterocycles. The van der Waals surface area contributed by atoms with E-state index in [9.17, 15) is 4.79 Å². The Kier molecular flexibility index (Phi) is 4.07. The number of ether oxygens (including phenoxy) is 1. The summed E-state index contributed by atoms with van der Waals surface area (Å²) in [7, 11) is 0. The molecule has 1 aliphatic rings. The Morgan fingerprint density at radius 2 is 2.29 bits per heavy atom. The number of piperidine rings is 1. The summed E-state index contributed by atoms with van der Waals surface area (Å²) in [6.07, 6.45) is 3.48. The van der Waals surface area contributed by atoms with E-state index in [4.69, 9.17) is 20.8 Å². The zero-order valence-electron chi connectivity index (χ0n) is 9.82. The normalized spacial score (nSPS) is 17.4. The summed E-state index contributed by atoms with van der Waals surface area (Å²) in [6.45, 7) is 4.14. The Bertz CT molecular complexity index is 383. The Balaban J connectivity index is 1.93. The number of likely N-dealkylation sites (tertiary alicyclic amines) is 1. The number of carbonyl (C=O) groups excluding carboxylic acids is 1. The smallest absolute Gasteiger partial charge is 0.258 e. The average molecular weight is 258 g/mol. The monoisotopic (exact) mass is 257 g/mol. The summed E-state index contributed by atoms with van der Waals surface area (Å²) in [6, 6.07) is 1.61. The molecule has 0 spiro atoms. The average Bonchev–Trinajstić information content (AvgIpc) is 2.76. The van der Waals surface area contributed by atoms with Gasteiger partial charge in [0, 0.05) is 19.7 Å². The van der Waals surface area contributed by atoms with Crippen molar-refractivity contribution in [1.29, 1.82) is 0 Å². The minimum Gasteiger partial charge on any atom is -0.452 e. The quantitative estimate of drug-likeness (QED) is 0.836. The maximum Gasteiger partial charge on any atom is 0.258 e. The van der Waals surface area contributed by atoms with Crippen LogP contribution in [0, 0.1) is 0 Å². The zero-order chi connectivity index (χ0) is 12.3. The molecular formula is C12H16ClNO3. The van der Waals surface area contributed by atoms with E-state index in [1.807, 2.05) is 6.92 Å². The van der Waals surface area contributed by atoms with Crippen LogP contribution in [0.2, 0.25) is 5.22 Å². The van der Waals surface area contributed by atoms with Gasteiger partial charge in [0.25, 0.3) is 5.91 Å². The molecule has 0 unspecified atom stereocenters. The van der Waals surface area contributed by atoms with Crippen molar-refractivity contribution in [2.24, 2.45) is 0 Å². The Morgan fingerprint density at radius 3 is 2.82 bits per heavy atom. The Morgan fingerprint density at radius 1 is 1.59 bits per heavy atom. The van der Waals surface area contributed by atoms with Gasteiger partial charge in [-0.15, -0.1) is 0 Å². The second kappa shape index (κ2) is 5.56. The van der Waals surface area contributed by atoms with Gasteiger partial charge >= 0.3 is 0 Å². The SMILES string of the molecule is CCOC1CCN(C(=O)c2ccoc2Cl)CC1. The number of amides is 1. The van der Waals surface area contributed by atoms with Gasteiger partial charge in [-0.05, 0) is 37.4 Å². The highest BCUT2D eigenvalue weighted by Crippen LogP contribution is 2.21. The summed E-state index contributed by atoms with van der Waals surface area (Å²) in [5, 5.41) is 0.168. The molecule has 0 aromatic carbocycles. The minimum absolute atomic E-state index is 0.0568. The van der Waals surface area contributed by atoms with E-state index in [1.54, 1.807) is 11.0 Å². The first-order chi connectivity index (χ1) is 8.22. The molecule has 0 atom stereocenters. The van der Waals surface area contributed by atoms with Gasteiger partial charge in [-0.1, -0.05) is 0 Å². The topological polar surface area (TPSA) is 42.7 Å². The van der Waals surface area contributed by atoms with Crippen LogP contribution >= 0.6 is 11.6 Å². The van der Waals surface area contributed by atoms with Crippen molar-refractivity contribution in [2.45, 2.75) is 25.9 Å². The molecule has 0 aliphatic carbocycles. The standard InChI is InChI=1S/C12H16ClNO3/c1-2-16-9-3-6-14(7-4-9)12(15)10-5-8-17-11(10)13/h5,8-9H,2-4,6-7H2,1H3. The summed E-state index contributed by atoms with van der Waals surface area (Å²) >= 11 is 5.79. The van der Waals surface area contributed by atoms with Crippen molar-refractivity contribution in [1.82, 2.24) is 4.90 Å². The fourth-order valence-corrected chi connectivity index (χ4v) is 2.27. The summed E-state index contributed by atoms with van der Waals surface area (Å²) in [4.78, 5) is 13.9. The van der Waals surface area contributed by atoms with Crippen LogP contribution in [-0.2, 0) is 4.74 Å². The number of nitrogens with zero attached hydrogens (tertiary/aromatic N) is 1. The van der Waals surface area contributed by atoms with Crippen molar-refractivity contribution in [3.05, 3.63) is 23.1 Å². The van der Waals surface area contributed by atoms with Gasteiger partial charge in [-0.25, -0.2) is 0 Å². The van der Waals surface area contributed by atoms with E-state index in [1.165, 1.54) is 6.26 Å². The second-order valence-corrected chi connectivity index (χ2v) is 4.40. The van der Waals surface area contributed by atoms with E-state index in [0.717, 1.165) is 19.4 Å². The molecule has 1 saturated heterocycles. The Labute approximate surface area is 105 Å². The van der Waals surface area contributed by atoms with Gasteiger partial charge in [-0.3, -0.25) is 4.79 Å². The van der Waals surface area contributed by atoms with Crippen molar-refractivity contribution < 1.29 is 13.9 Å². The molecule has 0 radical (unpaired) electrons. The molecule has 0 saturated carbocycles. The van der Waals surface area contributed by atoms with E-state index in [2.05, 4.69) is 0 Å². The van der Waals surface area contributed by atoms with Crippen LogP contribution in [0.15, 0.2) is 16.7 Å². The van der Waals surface area contributed by atoms with Crippen LogP contribution in [-0.4, -0.2) is 36.6 Å². The van der Waals surface area contributed by atoms with Crippen LogP contribution in [0.3, 0.4) is 0 Å². The fourth-order valence-electron chi connectivity index (χ4n) is 2.08. The summed E-state index contributed by atoms with van der Waals surface area (Å²) in [5.74, 6) is -0.0568. The predicted molar refractivity (Wildman–Crippen MR) is 64.3 cm³/mol. The molecule has 4 nitrogen and oxygen atoms in total. The summed E-state index contributed by atoms with van der Waals surface area (Å²) in [5.41, 5.74) is 0.446. The van der Waals surface area contributed by atoms with Crippen molar-refractivity contribution in [2.75, 3.05) is 19.7 Å². The number of carbonyl (C=O) groups is 1. The number of halogens is 1. The van der Waals surface area contributed by atoms with Crippen molar-refractivity contribution >= 4 is 17.5 Å². The molecule has 1 aliphatic heterocycles. The first-order valence-corrected chi connectivity index (χ1v) is 6.24. The van der Waals surface area contributed by atoms with E-state index < -0.39 is 0 Å². The maximum absolute atomic E-state index is 12.1. The number of rotatable bonds is 3. The molecule has 1 aromatic rings. The highest BCUT2D eigenvalue weighted by atomic mass is 35.5. The molecule has 1 fully saturated rings. The molecule has 0 N–H and O–H groups in total. The van der Waals surface area contributed by atoms with Crippen molar-refractivity contribution in [3.63, 3.8) is 0 Å². The van der Waals surface area contributed by atoms with Crippen molar-refractivity contribution in [3.8, 4) is 0 Å². The Hall–Kier alpha value is -1.00. The summed E-state index contributed by atoms with van der Waals surface area (Å²) < 4.78 is 10.5. The molecule has 1 amide bonds. The molecule has 94 valence electrons. The second-order valence-electron chi connectivity index (χ2n) is 4.05. The molecular weight excluding hydrogens is 242 g/mol. The number of hydrogen-bond acceptors (Lipinski definition) is 3. The molecule has 2 rings (SSSR count). The van der Waals surface area contributed by atoms with Gasteiger partial charge in [0.2, 0.25) is 5.22 Å². The van der Waals surface area contributed by atoms with Crippen LogP contribution in [0.25, 0.3) is 0 Å². The molecule has 17 heavy (non-hydrogen) atoms. The lowest BCUT2D eigenvalue weighted by Crippen LogP contribution is -2.40. The maximum atomic E-state index is 12.1. The van der Waals surface area contributed by atoms with E-state index >= 15 is 0 Å². The lowest BCUT2D eigenvalue weighted by Gasteiger charge is -2.31. The van der Waals surface area contributed by atoms with Crippen LogP contribution in [0.1, 0.15) is 30.1 Å². The number of furan rings is 1. The first-order valence-electron chi connectivity index (χ1n) is 5.86. The number of hydrogen-bond donors (Lipinski definition) is 0. The zero-order valence-corrected chi connectivity index (χ0v) is 10.6. The van der Waals surface area contributed by atoms with Gasteiger partial charge in [0.1, 0.15) is 0 Å².